The molecule has 5 heteroatoms. The van der Waals surface area contributed by atoms with E-state index in [9.17, 15) is 0 Å². The van der Waals surface area contributed by atoms with Gasteiger partial charge in [-0.05, 0) is 25.8 Å². The number of aromatic nitrogens is 1. The lowest BCUT2D eigenvalue weighted by Gasteiger charge is -2.43. The number of rotatable bonds is 6. The molecule has 1 aromatic rings. The van der Waals surface area contributed by atoms with Crippen molar-refractivity contribution in [3.8, 4) is 0 Å². The molecule has 1 aromatic heterocycles. The number of hydrogen-bond donors (Lipinski definition) is 1. The Morgan fingerprint density at radius 1 is 1.43 bits per heavy atom. The van der Waals surface area contributed by atoms with Gasteiger partial charge >= 0.3 is 0 Å². The Labute approximate surface area is 131 Å². The molecule has 0 aromatic carbocycles. The van der Waals surface area contributed by atoms with Crippen LogP contribution >= 0.6 is 11.3 Å². The zero-order chi connectivity index (χ0) is 14.5. The van der Waals surface area contributed by atoms with Crippen molar-refractivity contribution in [3.05, 3.63) is 16.1 Å². The Bertz CT molecular complexity index is 435. The van der Waals surface area contributed by atoms with E-state index in [4.69, 9.17) is 9.72 Å². The van der Waals surface area contributed by atoms with Crippen LogP contribution in [0.4, 0.5) is 0 Å². The normalized spacial score (nSPS) is 26.7. The van der Waals surface area contributed by atoms with Crippen LogP contribution in [0, 0.1) is 0 Å². The largest absolute Gasteiger partial charge is 0.375 e. The third kappa shape index (κ3) is 4.03. The van der Waals surface area contributed by atoms with E-state index in [0.717, 1.165) is 32.8 Å². The first-order valence-corrected chi connectivity index (χ1v) is 9.24. The van der Waals surface area contributed by atoms with Crippen molar-refractivity contribution in [1.29, 1.82) is 0 Å². The van der Waals surface area contributed by atoms with Crippen LogP contribution in [0.25, 0.3) is 0 Å². The van der Waals surface area contributed by atoms with E-state index < -0.39 is 0 Å². The topological polar surface area (TPSA) is 37.4 Å². The minimum Gasteiger partial charge on any atom is -0.375 e. The van der Waals surface area contributed by atoms with Gasteiger partial charge in [0.25, 0.3) is 0 Å². The Kier molecular flexibility index (Phi) is 5.63. The molecule has 0 radical (unpaired) electrons. The van der Waals surface area contributed by atoms with Crippen molar-refractivity contribution in [3.63, 3.8) is 0 Å². The highest BCUT2D eigenvalue weighted by atomic mass is 32.1. The molecule has 0 spiro atoms. The molecule has 1 aliphatic carbocycles. The number of fused-ring (bicyclic) bond motifs is 1. The number of thiazole rings is 1. The van der Waals surface area contributed by atoms with E-state index in [2.05, 4.69) is 22.5 Å². The Balaban J connectivity index is 1.55. The predicted octanol–water partition coefficient (Wildman–Crippen LogP) is 2.79. The third-order valence-electron chi connectivity index (χ3n) is 4.51. The second-order valence-electron chi connectivity index (χ2n) is 6.14. The number of nitrogens with zero attached hydrogens (tertiary/aromatic N) is 2. The van der Waals surface area contributed by atoms with Crippen molar-refractivity contribution in [2.75, 3.05) is 19.7 Å². The summed E-state index contributed by atoms with van der Waals surface area (Å²) < 4.78 is 5.95. The predicted molar refractivity (Wildman–Crippen MR) is 86.5 cm³/mol. The molecule has 0 bridgehead atoms. The van der Waals surface area contributed by atoms with Crippen LogP contribution < -0.4 is 5.32 Å². The van der Waals surface area contributed by atoms with Gasteiger partial charge in [-0.25, -0.2) is 4.98 Å². The highest BCUT2D eigenvalue weighted by Crippen LogP contribution is 2.29. The molecule has 1 N–H and O–H groups in total. The van der Waals surface area contributed by atoms with Gasteiger partial charge in [-0.1, -0.05) is 19.8 Å². The summed E-state index contributed by atoms with van der Waals surface area (Å²) >= 11 is 1.79. The second kappa shape index (κ2) is 7.68. The summed E-state index contributed by atoms with van der Waals surface area (Å²) in [5.41, 5.74) is 1.24. The van der Waals surface area contributed by atoms with E-state index in [1.807, 2.05) is 0 Å². The molecule has 2 atom stereocenters. The third-order valence-corrected chi connectivity index (χ3v) is 5.41. The Hall–Kier alpha value is -0.490. The van der Waals surface area contributed by atoms with Crippen LogP contribution in [-0.4, -0.2) is 41.7 Å². The minimum absolute atomic E-state index is 0.469. The molecular formula is C16H27N3OS. The molecule has 3 rings (SSSR count). The summed E-state index contributed by atoms with van der Waals surface area (Å²) in [7, 11) is 0. The monoisotopic (exact) mass is 309 g/mol. The van der Waals surface area contributed by atoms with Gasteiger partial charge in [0.15, 0.2) is 0 Å². The van der Waals surface area contributed by atoms with Crippen molar-refractivity contribution in [2.24, 2.45) is 0 Å². The summed E-state index contributed by atoms with van der Waals surface area (Å²) in [6.07, 6.45) is 6.86. The molecule has 2 fully saturated rings. The summed E-state index contributed by atoms with van der Waals surface area (Å²) in [5.74, 6) is 0. The molecule has 0 amide bonds. The van der Waals surface area contributed by atoms with E-state index >= 15 is 0 Å². The minimum atomic E-state index is 0.469. The van der Waals surface area contributed by atoms with Crippen molar-refractivity contribution in [1.82, 2.24) is 15.2 Å². The molecule has 2 unspecified atom stereocenters. The van der Waals surface area contributed by atoms with Crippen molar-refractivity contribution < 1.29 is 4.74 Å². The summed E-state index contributed by atoms with van der Waals surface area (Å²) in [5, 5.41) is 6.88. The fraction of sp³-hybridized carbons (Fsp3) is 0.812. The van der Waals surface area contributed by atoms with Crippen LogP contribution in [0.5, 0.6) is 0 Å². The molecule has 4 nitrogen and oxygen atoms in total. The van der Waals surface area contributed by atoms with Crippen LogP contribution in [-0.2, 0) is 17.8 Å². The van der Waals surface area contributed by atoms with Gasteiger partial charge in [0, 0.05) is 31.1 Å². The Morgan fingerprint density at radius 3 is 3.24 bits per heavy atom. The second-order valence-corrected chi connectivity index (χ2v) is 7.08. The number of nitrogens with one attached hydrogen (secondary N) is 1. The average Bonchev–Trinajstić information content (AvgIpc) is 2.96. The first-order chi connectivity index (χ1) is 10.4. The Morgan fingerprint density at radius 2 is 2.33 bits per heavy atom. The highest BCUT2D eigenvalue weighted by molar-refractivity contribution is 7.09. The lowest BCUT2D eigenvalue weighted by molar-refractivity contribution is -0.0914. The van der Waals surface area contributed by atoms with Gasteiger partial charge < -0.3 is 10.1 Å². The van der Waals surface area contributed by atoms with E-state index in [-0.39, 0.29) is 0 Å². The number of morpholine rings is 1. The van der Waals surface area contributed by atoms with E-state index in [0.29, 0.717) is 12.1 Å². The molecule has 2 aliphatic rings. The maximum atomic E-state index is 5.95. The molecular weight excluding hydrogens is 282 g/mol. The van der Waals surface area contributed by atoms with Crippen LogP contribution in [0.1, 0.15) is 49.7 Å². The van der Waals surface area contributed by atoms with E-state index in [1.165, 1.54) is 42.8 Å². The zero-order valence-electron chi connectivity index (χ0n) is 13.0. The van der Waals surface area contributed by atoms with Gasteiger partial charge in [-0.15, -0.1) is 11.3 Å². The van der Waals surface area contributed by atoms with Gasteiger partial charge in [-0.2, -0.15) is 0 Å². The zero-order valence-corrected chi connectivity index (χ0v) is 13.8. The first kappa shape index (κ1) is 15.4. The fourth-order valence-corrected chi connectivity index (χ4v) is 4.21. The molecule has 1 saturated heterocycles. The standard InChI is InChI=1S/C16H27N3OS/c1-2-7-17-10-16-18-13(12-21-16)11-19-8-9-20-15-6-4-3-5-14(15)19/h12,14-15,17H,2-11H2,1H3. The SMILES string of the molecule is CCCNCc1nc(CN2CCOC3CCCCC32)cs1. The maximum absolute atomic E-state index is 5.95. The van der Waals surface area contributed by atoms with Gasteiger partial charge in [0.1, 0.15) is 5.01 Å². The first-order valence-electron chi connectivity index (χ1n) is 8.36. The summed E-state index contributed by atoms with van der Waals surface area (Å²) in [6, 6.07) is 0.621. The fourth-order valence-electron chi connectivity index (χ4n) is 3.46. The molecule has 118 valence electrons. The van der Waals surface area contributed by atoms with Gasteiger partial charge in [-0.3, -0.25) is 4.90 Å². The van der Waals surface area contributed by atoms with Crippen molar-refractivity contribution >= 4 is 11.3 Å². The average molecular weight is 309 g/mol. The summed E-state index contributed by atoms with van der Waals surface area (Å²) in [4.78, 5) is 7.39. The van der Waals surface area contributed by atoms with Crippen LogP contribution in [0.15, 0.2) is 5.38 Å². The maximum Gasteiger partial charge on any atom is 0.107 e. The molecule has 21 heavy (non-hydrogen) atoms. The number of ether oxygens (including phenoxy) is 1. The van der Waals surface area contributed by atoms with Gasteiger partial charge in [0.2, 0.25) is 0 Å². The van der Waals surface area contributed by atoms with Crippen LogP contribution in [0.2, 0.25) is 0 Å². The van der Waals surface area contributed by atoms with Gasteiger partial charge in [0.05, 0.1) is 18.4 Å². The molecule has 1 saturated carbocycles. The van der Waals surface area contributed by atoms with Crippen molar-refractivity contribution in [2.45, 2.75) is 64.3 Å². The van der Waals surface area contributed by atoms with E-state index in [1.54, 1.807) is 11.3 Å². The molecule has 1 aliphatic heterocycles. The highest BCUT2D eigenvalue weighted by Gasteiger charge is 2.34. The lowest BCUT2D eigenvalue weighted by Crippen LogP contribution is -2.52. The quantitative estimate of drug-likeness (QED) is 0.820. The molecule has 2 heterocycles. The number of hydrogen-bond acceptors (Lipinski definition) is 5. The van der Waals surface area contributed by atoms with Crippen LogP contribution in [0.3, 0.4) is 0 Å². The summed E-state index contributed by atoms with van der Waals surface area (Å²) in [6.45, 7) is 7.11. The lowest BCUT2D eigenvalue weighted by atomic mass is 9.90. The smallest absolute Gasteiger partial charge is 0.107 e.